The molecule has 41 heavy (non-hydrogen) atoms. The lowest BCUT2D eigenvalue weighted by molar-refractivity contribution is -0.142. The zero-order chi connectivity index (χ0) is 28.8. The highest BCUT2D eigenvalue weighted by Crippen LogP contribution is 2.27. The summed E-state index contributed by atoms with van der Waals surface area (Å²) in [6.07, 6.45) is 3.73. The van der Waals surface area contributed by atoms with Crippen LogP contribution in [0, 0.1) is 11.6 Å². The number of benzene rings is 3. The standard InChI is InChI=1S/C30H30F2N6O3/c1-41-26-16-10-22(11-17-26)29-34-36-38(35-29)19-27(39)37(18-20-6-12-23(31)13-7-20)28(21-8-14-24(32)15-9-21)30(40)33-25-4-2-3-5-25/h6-17,25,28H,2-5,18-19H2,1H3,(H,33,40)/t28-/m1/s1. The first-order valence-electron chi connectivity index (χ1n) is 13.4. The van der Waals surface area contributed by atoms with Crippen LogP contribution in [-0.2, 0) is 22.7 Å². The number of carbonyl (C=O) groups excluding carboxylic acids is 2. The van der Waals surface area contributed by atoms with Gasteiger partial charge in [-0.15, -0.1) is 10.2 Å². The van der Waals surface area contributed by atoms with E-state index in [1.165, 1.54) is 41.3 Å². The summed E-state index contributed by atoms with van der Waals surface area (Å²) in [5, 5.41) is 15.5. The van der Waals surface area contributed by atoms with Crippen molar-refractivity contribution in [3.63, 3.8) is 0 Å². The van der Waals surface area contributed by atoms with Crippen molar-refractivity contribution in [2.45, 2.75) is 50.9 Å². The van der Waals surface area contributed by atoms with E-state index in [9.17, 15) is 18.4 Å². The molecule has 0 aliphatic heterocycles. The molecule has 0 saturated heterocycles. The number of rotatable bonds is 10. The monoisotopic (exact) mass is 560 g/mol. The second-order valence-electron chi connectivity index (χ2n) is 9.96. The molecular formula is C30H30F2N6O3. The first-order chi connectivity index (χ1) is 19.9. The number of nitrogens with zero attached hydrogens (tertiary/aromatic N) is 5. The minimum atomic E-state index is -1.07. The second-order valence-corrected chi connectivity index (χ2v) is 9.96. The molecule has 0 unspecified atom stereocenters. The Morgan fingerprint density at radius 2 is 1.61 bits per heavy atom. The molecule has 1 aliphatic carbocycles. The van der Waals surface area contributed by atoms with Crippen LogP contribution in [0.3, 0.4) is 0 Å². The molecule has 1 fully saturated rings. The third-order valence-corrected chi connectivity index (χ3v) is 7.11. The zero-order valence-electron chi connectivity index (χ0n) is 22.5. The van der Waals surface area contributed by atoms with E-state index in [-0.39, 0.29) is 25.0 Å². The second kappa shape index (κ2) is 12.7. The summed E-state index contributed by atoms with van der Waals surface area (Å²) in [5.74, 6) is -0.722. The van der Waals surface area contributed by atoms with E-state index >= 15 is 0 Å². The molecule has 1 aliphatic rings. The number of ether oxygens (including phenoxy) is 1. The van der Waals surface area contributed by atoms with Crippen LogP contribution in [0.5, 0.6) is 5.75 Å². The largest absolute Gasteiger partial charge is 0.497 e. The van der Waals surface area contributed by atoms with Crippen molar-refractivity contribution in [1.82, 2.24) is 30.4 Å². The SMILES string of the molecule is COc1ccc(-c2nnn(CC(=O)N(Cc3ccc(F)cc3)[C@@H](C(=O)NC3CCCC3)c3ccc(F)cc3)n2)cc1. The highest BCUT2D eigenvalue weighted by Gasteiger charge is 2.33. The number of hydrogen-bond donors (Lipinski definition) is 1. The molecule has 9 nitrogen and oxygen atoms in total. The number of halogens is 2. The molecule has 1 saturated carbocycles. The molecule has 0 radical (unpaired) electrons. The summed E-state index contributed by atoms with van der Waals surface area (Å²) in [5.41, 5.74) is 1.75. The van der Waals surface area contributed by atoms with E-state index < -0.39 is 23.6 Å². The van der Waals surface area contributed by atoms with Gasteiger partial charge in [-0.3, -0.25) is 9.59 Å². The summed E-state index contributed by atoms with van der Waals surface area (Å²) < 4.78 is 32.7. The van der Waals surface area contributed by atoms with Crippen molar-refractivity contribution >= 4 is 11.8 Å². The van der Waals surface area contributed by atoms with E-state index in [4.69, 9.17) is 4.74 Å². The van der Waals surface area contributed by atoms with E-state index in [1.54, 1.807) is 43.5 Å². The fourth-order valence-electron chi connectivity index (χ4n) is 4.96. The van der Waals surface area contributed by atoms with Crippen molar-refractivity contribution < 1.29 is 23.1 Å². The first kappa shape index (κ1) is 27.9. The highest BCUT2D eigenvalue weighted by molar-refractivity contribution is 5.89. The van der Waals surface area contributed by atoms with E-state index in [0.717, 1.165) is 30.5 Å². The number of tetrazole rings is 1. The molecule has 1 atom stereocenters. The molecule has 1 heterocycles. The number of aromatic nitrogens is 4. The highest BCUT2D eigenvalue weighted by atomic mass is 19.1. The molecular weight excluding hydrogens is 530 g/mol. The van der Waals surface area contributed by atoms with Gasteiger partial charge in [-0.25, -0.2) is 8.78 Å². The maximum atomic E-state index is 13.9. The van der Waals surface area contributed by atoms with Gasteiger partial charge in [-0.2, -0.15) is 4.80 Å². The van der Waals surface area contributed by atoms with Crippen LogP contribution in [0.25, 0.3) is 11.4 Å². The molecule has 3 aromatic carbocycles. The molecule has 0 spiro atoms. The summed E-state index contributed by atoms with van der Waals surface area (Å²) in [6.45, 7) is -0.308. The van der Waals surface area contributed by atoms with E-state index in [1.807, 2.05) is 0 Å². The molecule has 5 rings (SSSR count). The van der Waals surface area contributed by atoms with Gasteiger partial charge in [-0.05, 0) is 77.7 Å². The van der Waals surface area contributed by atoms with Gasteiger partial charge in [0.05, 0.1) is 7.11 Å². The van der Waals surface area contributed by atoms with Gasteiger partial charge in [0, 0.05) is 18.2 Å². The fourth-order valence-corrected chi connectivity index (χ4v) is 4.96. The summed E-state index contributed by atoms with van der Waals surface area (Å²) in [4.78, 5) is 30.2. The Hall–Kier alpha value is -4.67. The van der Waals surface area contributed by atoms with Gasteiger partial charge in [0.25, 0.3) is 0 Å². The van der Waals surface area contributed by atoms with Crippen molar-refractivity contribution in [2.75, 3.05) is 7.11 Å². The lowest BCUT2D eigenvalue weighted by atomic mass is 10.0. The topological polar surface area (TPSA) is 102 Å². The lowest BCUT2D eigenvalue weighted by Gasteiger charge is -2.32. The third-order valence-electron chi connectivity index (χ3n) is 7.11. The molecule has 4 aromatic rings. The molecule has 11 heteroatoms. The predicted octanol–water partition coefficient (Wildman–Crippen LogP) is 4.46. The normalized spacial score (nSPS) is 14.0. The minimum absolute atomic E-state index is 0.000717. The average Bonchev–Trinajstić information content (AvgIpc) is 3.67. The first-order valence-corrected chi connectivity index (χ1v) is 13.4. The Kier molecular flexibility index (Phi) is 8.61. The van der Waals surface area contributed by atoms with Gasteiger partial charge >= 0.3 is 0 Å². The minimum Gasteiger partial charge on any atom is -0.497 e. The van der Waals surface area contributed by atoms with E-state index in [2.05, 4.69) is 20.7 Å². The van der Waals surface area contributed by atoms with Gasteiger partial charge in [0.15, 0.2) is 0 Å². The Labute approximate surface area is 236 Å². The van der Waals surface area contributed by atoms with Crippen LogP contribution >= 0.6 is 0 Å². The van der Waals surface area contributed by atoms with Gasteiger partial charge < -0.3 is 15.0 Å². The van der Waals surface area contributed by atoms with Gasteiger partial charge in [-0.1, -0.05) is 37.1 Å². The van der Waals surface area contributed by atoms with Crippen molar-refractivity contribution in [1.29, 1.82) is 0 Å². The maximum absolute atomic E-state index is 13.9. The Morgan fingerprint density at radius 1 is 0.976 bits per heavy atom. The van der Waals surface area contributed by atoms with Crippen LogP contribution in [0.1, 0.15) is 42.9 Å². The van der Waals surface area contributed by atoms with Gasteiger partial charge in [0.1, 0.15) is 30.0 Å². The smallest absolute Gasteiger partial charge is 0.247 e. The van der Waals surface area contributed by atoms with Crippen LogP contribution in [0.15, 0.2) is 72.8 Å². The Bertz CT molecular complexity index is 1470. The number of nitrogens with one attached hydrogen (secondary N) is 1. The Morgan fingerprint density at radius 3 is 2.24 bits per heavy atom. The van der Waals surface area contributed by atoms with Crippen LogP contribution in [-0.4, -0.2) is 50.1 Å². The number of methoxy groups -OCH3 is 1. The van der Waals surface area contributed by atoms with E-state index in [0.29, 0.717) is 28.3 Å². The average molecular weight is 561 g/mol. The number of carbonyl (C=O) groups is 2. The van der Waals surface area contributed by atoms with Crippen molar-refractivity contribution in [3.05, 3.63) is 95.6 Å². The molecule has 0 bridgehead atoms. The fraction of sp³-hybridized carbons (Fsp3) is 0.300. The quantitative estimate of drug-likeness (QED) is 0.307. The van der Waals surface area contributed by atoms with Crippen LogP contribution < -0.4 is 10.1 Å². The lowest BCUT2D eigenvalue weighted by Crippen LogP contribution is -2.46. The van der Waals surface area contributed by atoms with Crippen molar-refractivity contribution in [3.8, 4) is 17.1 Å². The Balaban J connectivity index is 1.45. The third kappa shape index (κ3) is 6.92. The number of amides is 2. The van der Waals surface area contributed by atoms with Crippen LogP contribution in [0.4, 0.5) is 8.78 Å². The molecule has 2 amide bonds. The maximum Gasteiger partial charge on any atom is 0.247 e. The summed E-state index contributed by atoms with van der Waals surface area (Å²) in [7, 11) is 1.57. The summed E-state index contributed by atoms with van der Waals surface area (Å²) in [6, 6.07) is 17.2. The predicted molar refractivity (Wildman–Crippen MR) is 146 cm³/mol. The molecule has 212 valence electrons. The molecule has 1 N–H and O–H groups in total. The number of hydrogen-bond acceptors (Lipinski definition) is 6. The molecule has 1 aromatic heterocycles. The zero-order valence-corrected chi connectivity index (χ0v) is 22.5. The van der Waals surface area contributed by atoms with Crippen molar-refractivity contribution in [2.24, 2.45) is 0 Å². The van der Waals surface area contributed by atoms with Crippen LogP contribution in [0.2, 0.25) is 0 Å². The van der Waals surface area contributed by atoms with Gasteiger partial charge in [0.2, 0.25) is 17.6 Å². The summed E-state index contributed by atoms with van der Waals surface area (Å²) >= 11 is 0.